The summed E-state index contributed by atoms with van der Waals surface area (Å²) < 4.78 is 6.77. The lowest BCUT2D eigenvalue weighted by Crippen LogP contribution is -2.48. The summed E-state index contributed by atoms with van der Waals surface area (Å²) in [5.41, 5.74) is 7.65. The van der Waals surface area contributed by atoms with Crippen LogP contribution in [-0.2, 0) is 9.59 Å². The molecule has 1 aliphatic heterocycles. The molecule has 0 atom stereocenters. The van der Waals surface area contributed by atoms with Crippen LogP contribution < -0.4 is 10.5 Å². The molecule has 3 aromatic rings. The average molecular weight is 516 g/mol. The van der Waals surface area contributed by atoms with Gasteiger partial charge in [0, 0.05) is 42.7 Å². The molecule has 1 fully saturated rings. The summed E-state index contributed by atoms with van der Waals surface area (Å²) in [5.74, 6) is -0.135. The van der Waals surface area contributed by atoms with Crippen molar-refractivity contribution in [2.45, 2.75) is 4.21 Å². The van der Waals surface area contributed by atoms with Crippen molar-refractivity contribution in [3.05, 3.63) is 40.6 Å². The third-order valence-corrected chi connectivity index (χ3v) is 8.62. The fourth-order valence-corrected chi connectivity index (χ4v) is 6.29. The topological polar surface area (TPSA) is 113 Å². The Balaban J connectivity index is 1.47. The SMILES string of the molecule is CSc1sc(C(=N)C(N)=O)cc1-c1nc(-c2cccc(OCC(=O)N3CCN(C)CC3)c2)cs1. The van der Waals surface area contributed by atoms with E-state index in [1.54, 1.807) is 17.8 Å². The molecule has 4 rings (SSSR count). The summed E-state index contributed by atoms with van der Waals surface area (Å²) in [4.78, 5) is 33.2. The molecule has 0 radical (unpaired) electrons. The normalized spacial score (nSPS) is 14.2. The summed E-state index contributed by atoms with van der Waals surface area (Å²) in [6.45, 7) is 3.21. The minimum Gasteiger partial charge on any atom is -0.484 e. The number of carbonyl (C=O) groups is 2. The van der Waals surface area contributed by atoms with Crippen LogP contribution in [0.15, 0.2) is 39.9 Å². The van der Waals surface area contributed by atoms with Crippen LogP contribution in [-0.4, -0.2) is 78.4 Å². The Kier molecular flexibility index (Phi) is 7.67. The highest BCUT2D eigenvalue weighted by atomic mass is 32.2. The van der Waals surface area contributed by atoms with Gasteiger partial charge in [0.1, 0.15) is 16.5 Å². The fourth-order valence-electron chi connectivity index (χ4n) is 3.49. The van der Waals surface area contributed by atoms with Gasteiger partial charge in [0.2, 0.25) is 0 Å². The van der Waals surface area contributed by atoms with Gasteiger partial charge in [0.15, 0.2) is 6.61 Å². The second kappa shape index (κ2) is 10.7. The van der Waals surface area contributed by atoms with E-state index in [0.29, 0.717) is 10.6 Å². The van der Waals surface area contributed by atoms with Crippen LogP contribution in [0, 0.1) is 5.41 Å². The molecule has 0 unspecified atom stereocenters. The van der Waals surface area contributed by atoms with Crippen LogP contribution in [0.3, 0.4) is 0 Å². The number of thiophene rings is 1. The largest absolute Gasteiger partial charge is 0.484 e. The molecule has 8 nitrogen and oxygen atoms in total. The molecule has 2 aromatic heterocycles. The Morgan fingerprint density at radius 3 is 2.71 bits per heavy atom. The van der Waals surface area contributed by atoms with Crippen molar-refractivity contribution in [3.63, 3.8) is 0 Å². The van der Waals surface area contributed by atoms with E-state index in [1.807, 2.05) is 40.8 Å². The Hall–Kier alpha value is -2.73. The van der Waals surface area contributed by atoms with Gasteiger partial charge >= 0.3 is 0 Å². The standard InChI is InChI=1S/C23H25N5O3S3/c1-27-6-8-28(9-7-27)19(29)12-31-15-5-3-4-14(10-15)17-13-33-22(26-17)16-11-18(20(24)21(25)30)34-23(16)32-2/h3-5,10-11,13,24H,6-9,12H2,1-2H3,(H2,25,30). The van der Waals surface area contributed by atoms with E-state index in [-0.39, 0.29) is 18.2 Å². The average Bonchev–Trinajstić information content (AvgIpc) is 3.50. The number of nitrogens with zero attached hydrogens (tertiary/aromatic N) is 3. The van der Waals surface area contributed by atoms with Crippen LogP contribution >= 0.6 is 34.4 Å². The van der Waals surface area contributed by atoms with Crippen LogP contribution in [0.2, 0.25) is 0 Å². The van der Waals surface area contributed by atoms with Gasteiger partial charge in [0.05, 0.1) is 14.8 Å². The highest BCUT2D eigenvalue weighted by molar-refractivity contribution is 8.00. The van der Waals surface area contributed by atoms with Crippen LogP contribution in [0.5, 0.6) is 5.75 Å². The molecule has 1 aromatic carbocycles. The number of primary amides is 1. The van der Waals surface area contributed by atoms with E-state index in [0.717, 1.165) is 52.2 Å². The molecule has 178 valence electrons. The van der Waals surface area contributed by atoms with E-state index in [9.17, 15) is 9.59 Å². The quantitative estimate of drug-likeness (QED) is 0.352. The summed E-state index contributed by atoms with van der Waals surface area (Å²) in [6.07, 6.45) is 1.95. The van der Waals surface area contributed by atoms with Gasteiger partial charge in [-0.15, -0.1) is 34.4 Å². The zero-order valence-corrected chi connectivity index (χ0v) is 21.3. The number of likely N-dealkylation sites (N-methyl/N-ethyl adjacent to an activating group) is 1. The molecule has 34 heavy (non-hydrogen) atoms. The number of hydrogen-bond donors (Lipinski definition) is 2. The number of thioether (sulfide) groups is 1. The number of hydrogen-bond acceptors (Lipinski definition) is 9. The highest BCUT2D eigenvalue weighted by Gasteiger charge is 2.20. The number of aromatic nitrogens is 1. The van der Waals surface area contributed by atoms with Crippen molar-refractivity contribution in [1.82, 2.24) is 14.8 Å². The van der Waals surface area contributed by atoms with Gasteiger partial charge in [0.25, 0.3) is 11.8 Å². The minimum atomic E-state index is -0.747. The maximum Gasteiger partial charge on any atom is 0.268 e. The third-order valence-electron chi connectivity index (χ3n) is 5.46. The van der Waals surface area contributed by atoms with Crippen molar-refractivity contribution >= 4 is 52.0 Å². The van der Waals surface area contributed by atoms with Gasteiger partial charge in [-0.2, -0.15) is 0 Å². The van der Waals surface area contributed by atoms with Crippen molar-refractivity contribution in [1.29, 1.82) is 5.41 Å². The van der Waals surface area contributed by atoms with Crippen molar-refractivity contribution < 1.29 is 14.3 Å². The number of nitrogens with two attached hydrogens (primary N) is 1. The van der Waals surface area contributed by atoms with E-state index in [1.165, 1.54) is 22.7 Å². The summed E-state index contributed by atoms with van der Waals surface area (Å²) in [5, 5.41) is 10.7. The lowest BCUT2D eigenvalue weighted by molar-refractivity contribution is -0.134. The number of carbonyl (C=O) groups excluding carboxylic acids is 2. The summed E-state index contributed by atoms with van der Waals surface area (Å²) in [6, 6.07) is 9.35. The molecule has 11 heteroatoms. The van der Waals surface area contributed by atoms with Crippen molar-refractivity contribution in [3.8, 4) is 27.6 Å². The maximum atomic E-state index is 12.5. The lowest BCUT2D eigenvalue weighted by Gasteiger charge is -2.32. The Labute approximate surface area is 210 Å². The Morgan fingerprint density at radius 2 is 2.00 bits per heavy atom. The zero-order valence-electron chi connectivity index (χ0n) is 18.9. The molecular formula is C23H25N5O3S3. The third kappa shape index (κ3) is 5.49. The molecular weight excluding hydrogens is 490 g/mol. The predicted molar refractivity (Wildman–Crippen MR) is 138 cm³/mol. The maximum absolute atomic E-state index is 12.5. The smallest absolute Gasteiger partial charge is 0.268 e. The second-order valence-electron chi connectivity index (χ2n) is 7.79. The predicted octanol–water partition coefficient (Wildman–Crippen LogP) is 3.27. The number of thiazole rings is 1. The molecule has 0 spiro atoms. The zero-order chi connectivity index (χ0) is 24.2. The van der Waals surface area contributed by atoms with Gasteiger partial charge < -0.3 is 20.3 Å². The molecule has 1 saturated heterocycles. The highest BCUT2D eigenvalue weighted by Crippen LogP contribution is 2.40. The van der Waals surface area contributed by atoms with Crippen LogP contribution in [0.25, 0.3) is 21.8 Å². The monoisotopic (exact) mass is 515 g/mol. The Morgan fingerprint density at radius 1 is 1.24 bits per heavy atom. The van der Waals surface area contributed by atoms with Gasteiger partial charge in [-0.3, -0.25) is 15.0 Å². The van der Waals surface area contributed by atoms with Crippen LogP contribution in [0.1, 0.15) is 4.88 Å². The molecule has 0 saturated carbocycles. The van der Waals surface area contributed by atoms with E-state index in [4.69, 9.17) is 20.9 Å². The molecule has 0 bridgehead atoms. The molecule has 0 aliphatic carbocycles. The number of nitrogens with one attached hydrogen (secondary N) is 1. The minimum absolute atomic E-state index is 0.00571. The second-order valence-corrected chi connectivity index (χ2v) is 10.8. The van der Waals surface area contributed by atoms with E-state index >= 15 is 0 Å². The molecule has 1 aliphatic rings. The summed E-state index contributed by atoms with van der Waals surface area (Å²) >= 11 is 4.41. The molecule has 3 N–H and O–H groups in total. The summed E-state index contributed by atoms with van der Waals surface area (Å²) in [7, 11) is 2.05. The first kappa shape index (κ1) is 24.4. The van der Waals surface area contributed by atoms with Gasteiger partial charge in [-0.25, -0.2) is 4.98 Å². The number of piperazine rings is 1. The van der Waals surface area contributed by atoms with E-state index < -0.39 is 5.91 Å². The molecule has 2 amide bonds. The lowest BCUT2D eigenvalue weighted by atomic mass is 10.1. The Bertz CT molecular complexity index is 1210. The number of rotatable bonds is 8. The van der Waals surface area contributed by atoms with Crippen LogP contribution in [0.4, 0.5) is 0 Å². The van der Waals surface area contributed by atoms with Gasteiger partial charge in [-0.05, 0) is 31.5 Å². The first-order valence-electron chi connectivity index (χ1n) is 10.6. The van der Waals surface area contributed by atoms with Crippen molar-refractivity contribution in [2.24, 2.45) is 5.73 Å². The first-order chi connectivity index (χ1) is 16.4. The fraction of sp³-hybridized carbons (Fsp3) is 0.304. The van der Waals surface area contributed by atoms with Gasteiger partial charge in [-0.1, -0.05) is 12.1 Å². The van der Waals surface area contributed by atoms with E-state index in [2.05, 4.69) is 11.9 Å². The number of amides is 2. The molecule has 3 heterocycles. The number of benzene rings is 1. The number of ether oxygens (including phenoxy) is 1. The first-order valence-corrected chi connectivity index (χ1v) is 13.5. The van der Waals surface area contributed by atoms with Crippen molar-refractivity contribution in [2.75, 3.05) is 46.1 Å².